The smallest absolute Gasteiger partial charge is 0.0734 e. The average molecular weight is 736 g/mol. The Bertz CT molecular complexity index is 3160. The van der Waals surface area contributed by atoms with Crippen molar-refractivity contribution in [2.75, 3.05) is 4.90 Å². The molecule has 2 aliphatic carbocycles. The minimum absolute atomic E-state index is 0.568. The van der Waals surface area contributed by atoms with Crippen LogP contribution in [0, 0.1) is 0 Å². The van der Waals surface area contributed by atoms with Gasteiger partial charge in [-0.15, -0.1) is 0 Å². The van der Waals surface area contributed by atoms with Gasteiger partial charge in [0.05, 0.1) is 16.8 Å². The van der Waals surface area contributed by atoms with Gasteiger partial charge in [0.2, 0.25) is 0 Å². The molecular formula is C57H37N. The van der Waals surface area contributed by atoms with Crippen LogP contribution < -0.4 is 4.90 Å². The monoisotopic (exact) mass is 735 g/mol. The van der Waals surface area contributed by atoms with Crippen molar-refractivity contribution < 1.29 is 0 Å². The van der Waals surface area contributed by atoms with Gasteiger partial charge in [0.25, 0.3) is 0 Å². The highest BCUT2D eigenvalue weighted by molar-refractivity contribution is 6.14. The maximum absolute atomic E-state index is 2.54. The summed E-state index contributed by atoms with van der Waals surface area (Å²) in [6, 6.07) is 83.2. The Hall–Kier alpha value is -7.48. The van der Waals surface area contributed by atoms with Gasteiger partial charge in [0.15, 0.2) is 0 Å². The Morgan fingerprint density at radius 1 is 0.310 bits per heavy atom. The lowest BCUT2D eigenvalue weighted by molar-refractivity contribution is 0.768. The largest absolute Gasteiger partial charge is 0.310 e. The highest BCUT2D eigenvalue weighted by Crippen LogP contribution is 2.60. The van der Waals surface area contributed by atoms with Crippen molar-refractivity contribution in [2.24, 2.45) is 0 Å². The van der Waals surface area contributed by atoms with Crippen LogP contribution in [0.15, 0.2) is 224 Å². The third-order valence-corrected chi connectivity index (χ3v) is 12.6. The molecule has 1 nitrogen and oxygen atoms in total. The number of anilines is 3. The summed E-state index contributed by atoms with van der Waals surface area (Å²) in [6.07, 6.45) is 0. The summed E-state index contributed by atoms with van der Waals surface area (Å²) in [6.45, 7) is 0. The van der Waals surface area contributed by atoms with Crippen LogP contribution in [-0.4, -0.2) is 0 Å². The zero-order valence-electron chi connectivity index (χ0n) is 31.8. The fraction of sp³-hybridized carbons (Fsp3) is 0.0175. The van der Waals surface area contributed by atoms with Crippen LogP contribution >= 0.6 is 0 Å². The van der Waals surface area contributed by atoms with Gasteiger partial charge in [-0.1, -0.05) is 176 Å². The molecule has 0 N–H and O–H groups in total. The van der Waals surface area contributed by atoms with Gasteiger partial charge >= 0.3 is 0 Å². The predicted octanol–water partition coefficient (Wildman–Crippen LogP) is 15.1. The number of nitrogens with zero attached hydrogens (tertiary/aromatic N) is 1. The van der Waals surface area contributed by atoms with Crippen molar-refractivity contribution in [1.82, 2.24) is 0 Å². The minimum atomic E-state index is -0.568. The summed E-state index contributed by atoms with van der Waals surface area (Å²) in [5, 5.41) is 5.02. The Kier molecular flexibility index (Phi) is 7.21. The van der Waals surface area contributed by atoms with Gasteiger partial charge in [0, 0.05) is 16.6 Å². The lowest BCUT2D eigenvalue weighted by atomic mass is 9.67. The molecule has 0 saturated heterocycles. The first-order valence-corrected chi connectivity index (χ1v) is 20.2. The number of hydrogen-bond donors (Lipinski definition) is 0. The standard InChI is InChI=1S/C57H37N/c1-4-16-38(17-5-1)39-30-32-45(33-31-39)58(54-28-14-20-42-36-51-49-34-40-18-10-11-19-41(40)35-50(49)52(51)37-48(42)54)55-29-15-26-47-46-25-12-13-27-53(46)57(56(47)55,43-21-6-2-7-22-43)44-23-8-3-9-24-44/h1-37H. The molecule has 0 amide bonds. The SMILES string of the molecule is c1ccc(-c2ccc(N(c3cccc4c3C(c3ccccc3)(c3ccccc3)c3ccccc3-4)c3cccc4cc5c(cc34)-c3cc4ccccc4cc3-5)cc2)cc1. The number of benzene rings is 10. The van der Waals surface area contributed by atoms with Crippen LogP contribution in [-0.2, 0) is 5.41 Å². The zero-order chi connectivity index (χ0) is 38.2. The van der Waals surface area contributed by atoms with Gasteiger partial charge in [-0.3, -0.25) is 0 Å². The van der Waals surface area contributed by atoms with E-state index < -0.39 is 5.41 Å². The second kappa shape index (κ2) is 12.8. The normalized spacial score (nSPS) is 13.0. The molecule has 0 unspecified atom stereocenters. The Balaban J connectivity index is 1.15. The molecule has 1 heteroatoms. The van der Waals surface area contributed by atoms with Crippen molar-refractivity contribution in [3.05, 3.63) is 247 Å². The Labute approximate surface area is 338 Å². The quantitative estimate of drug-likeness (QED) is 0.164. The first-order valence-electron chi connectivity index (χ1n) is 20.2. The molecule has 0 heterocycles. The minimum Gasteiger partial charge on any atom is -0.310 e. The Morgan fingerprint density at radius 3 is 1.47 bits per heavy atom. The van der Waals surface area contributed by atoms with E-state index in [1.165, 1.54) is 88.3 Å². The molecule has 0 aliphatic heterocycles. The van der Waals surface area contributed by atoms with E-state index in [1.807, 2.05) is 0 Å². The summed E-state index contributed by atoms with van der Waals surface area (Å²) >= 11 is 0. The third-order valence-electron chi connectivity index (χ3n) is 12.6. The van der Waals surface area contributed by atoms with Gasteiger partial charge in [0.1, 0.15) is 0 Å². The van der Waals surface area contributed by atoms with Gasteiger partial charge < -0.3 is 4.90 Å². The van der Waals surface area contributed by atoms with E-state index in [4.69, 9.17) is 0 Å². The molecule has 0 fully saturated rings. The highest BCUT2D eigenvalue weighted by atomic mass is 15.1. The Morgan fingerprint density at radius 2 is 0.793 bits per heavy atom. The van der Waals surface area contributed by atoms with Crippen molar-refractivity contribution in [3.8, 4) is 44.5 Å². The van der Waals surface area contributed by atoms with Gasteiger partial charge in [-0.2, -0.15) is 0 Å². The van der Waals surface area contributed by atoms with E-state index in [0.717, 1.165) is 17.1 Å². The molecule has 58 heavy (non-hydrogen) atoms. The number of fused-ring (bicyclic) bond motifs is 9. The summed E-state index contributed by atoms with van der Waals surface area (Å²) in [5.41, 5.74) is 18.2. The molecule has 0 radical (unpaired) electrons. The van der Waals surface area contributed by atoms with Crippen molar-refractivity contribution in [2.45, 2.75) is 5.41 Å². The second-order valence-corrected chi connectivity index (χ2v) is 15.6. The van der Waals surface area contributed by atoms with Crippen LogP contribution in [0.3, 0.4) is 0 Å². The number of hydrogen-bond acceptors (Lipinski definition) is 1. The molecule has 2 aliphatic rings. The topological polar surface area (TPSA) is 3.24 Å². The van der Waals surface area contributed by atoms with Crippen LogP contribution in [0.25, 0.3) is 66.1 Å². The molecule has 10 aromatic rings. The predicted molar refractivity (Wildman–Crippen MR) is 243 cm³/mol. The van der Waals surface area contributed by atoms with E-state index >= 15 is 0 Å². The fourth-order valence-corrected chi connectivity index (χ4v) is 10.1. The lowest BCUT2D eigenvalue weighted by Gasteiger charge is -2.38. The summed E-state index contributed by atoms with van der Waals surface area (Å²) in [4.78, 5) is 2.54. The van der Waals surface area contributed by atoms with Crippen LogP contribution in [0.1, 0.15) is 22.3 Å². The maximum Gasteiger partial charge on any atom is 0.0734 e. The summed E-state index contributed by atoms with van der Waals surface area (Å²) in [7, 11) is 0. The van der Waals surface area contributed by atoms with Crippen LogP contribution in [0.2, 0.25) is 0 Å². The average Bonchev–Trinajstić information content (AvgIpc) is 3.61. The third kappa shape index (κ3) is 4.71. The zero-order valence-corrected chi connectivity index (χ0v) is 31.8. The van der Waals surface area contributed by atoms with E-state index in [1.54, 1.807) is 0 Å². The van der Waals surface area contributed by atoms with E-state index in [0.29, 0.717) is 0 Å². The van der Waals surface area contributed by atoms with Crippen molar-refractivity contribution >= 4 is 38.6 Å². The van der Waals surface area contributed by atoms with Crippen LogP contribution in [0.4, 0.5) is 17.1 Å². The molecule has 10 aromatic carbocycles. The summed E-state index contributed by atoms with van der Waals surface area (Å²) in [5.74, 6) is 0. The molecule has 0 saturated carbocycles. The molecule has 12 rings (SSSR count). The lowest BCUT2D eigenvalue weighted by Crippen LogP contribution is -2.30. The van der Waals surface area contributed by atoms with E-state index in [2.05, 4.69) is 229 Å². The van der Waals surface area contributed by atoms with Crippen molar-refractivity contribution in [1.29, 1.82) is 0 Å². The van der Waals surface area contributed by atoms with Gasteiger partial charge in [-0.05, 0) is 126 Å². The van der Waals surface area contributed by atoms with Gasteiger partial charge in [-0.25, -0.2) is 0 Å². The van der Waals surface area contributed by atoms with E-state index in [-0.39, 0.29) is 0 Å². The molecule has 0 atom stereocenters. The first kappa shape index (κ1) is 32.7. The first-order chi connectivity index (χ1) is 28.8. The molecule has 0 aromatic heterocycles. The molecule has 0 spiro atoms. The molecule has 0 bridgehead atoms. The molecule has 270 valence electrons. The summed E-state index contributed by atoms with van der Waals surface area (Å²) < 4.78 is 0. The maximum atomic E-state index is 2.54. The second-order valence-electron chi connectivity index (χ2n) is 15.6. The number of rotatable bonds is 6. The van der Waals surface area contributed by atoms with Crippen molar-refractivity contribution in [3.63, 3.8) is 0 Å². The fourth-order valence-electron chi connectivity index (χ4n) is 10.1. The molecular weight excluding hydrogens is 699 g/mol. The highest BCUT2D eigenvalue weighted by Gasteiger charge is 2.48. The van der Waals surface area contributed by atoms with E-state index in [9.17, 15) is 0 Å². The van der Waals surface area contributed by atoms with Crippen LogP contribution in [0.5, 0.6) is 0 Å².